The van der Waals surface area contributed by atoms with Crippen molar-refractivity contribution in [2.24, 2.45) is 0 Å². The predicted octanol–water partition coefficient (Wildman–Crippen LogP) is 4.38. The lowest BCUT2D eigenvalue weighted by atomic mass is 10.1. The number of hydrogen-bond acceptors (Lipinski definition) is 4. The molecule has 1 saturated heterocycles. The molecule has 0 bridgehead atoms. The molecule has 8 heteroatoms. The maximum absolute atomic E-state index is 13.6. The Bertz CT molecular complexity index is 1110. The van der Waals surface area contributed by atoms with Crippen LogP contribution in [0.2, 0.25) is 0 Å². The van der Waals surface area contributed by atoms with Crippen LogP contribution < -0.4 is 0 Å². The van der Waals surface area contributed by atoms with E-state index in [4.69, 9.17) is 0 Å². The van der Waals surface area contributed by atoms with Gasteiger partial charge in [0.1, 0.15) is 0 Å². The quantitative estimate of drug-likeness (QED) is 0.594. The highest BCUT2D eigenvalue weighted by atomic mass is 32.2. The van der Waals surface area contributed by atoms with E-state index in [1.807, 2.05) is 37.3 Å². The molecule has 0 amide bonds. The second-order valence-electron chi connectivity index (χ2n) is 8.91. The second-order valence-corrected chi connectivity index (χ2v) is 12.7. The van der Waals surface area contributed by atoms with Gasteiger partial charge >= 0.3 is 0 Å². The van der Waals surface area contributed by atoms with Gasteiger partial charge in [-0.15, -0.1) is 0 Å². The molecule has 32 heavy (non-hydrogen) atoms. The molecule has 0 N–H and O–H groups in total. The lowest BCUT2D eigenvalue weighted by Gasteiger charge is -2.32. The van der Waals surface area contributed by atoms with E-state index in [2.05, 4.69) is 0 Å². The number of hydrogen-bond donors (Lipinski definition) is 0. The Morgan fingerprint density at radius 1 is 0.812 bits per heavy atom. The molecule has 1 atom stereocenters. The number of sulfonamides is 2. The number of benzene rings is 2. The largest absolute Gasteiger partial charge is 0.243 e. The van der Waals surface area contributed by atoms with Crippen LogP contribution in [0.25, 0.3) is 0 Å². The molecule has 1 aliphatic heterocycles. The summed E-state index contributed by atoms with van der Waals surface area (Å²) in [7, 11) is -7.39. The Labute approximate surface area is 192 Å². The molecule has 0 radical (unpaired) electrons. The van der Waals surface area contributed by atoms with Crippen molar-refractivity contribution in [1.29, 1.82) is 0 Å². The number of piperidine rings is 1. The molecule has 1 heterocycles. The first-order valence-electron chi connectivity index (χ1n) is 11.5. The molecule has 2 aromatic carbocycles. The van der Waals surface area contributed by atoms with Crippen molar-refractivity contribution in [2.75, 3.05) is 6.54 Å². The minimum atomic E-state index is -3.76. The molecule has 1 saturated carbocycles. The van der Waals surface area contributed by atoms with Crippen LogP contribution in [0.4, 0.5) is 0 Å². The van der Waals surface area contributed by atoms with Gasteiger partial charge < -0.3 is 0 Å². The lowest BCUT2D eigenvalue weighted by molar-refractivity contribution is 0.268. The molecule has 2 fully saturated rings. The second kappa shape index (κ2) is 9.63. The highest BCUT2D eigenvalue weighted by Crippen LogP contribution is 2.31. The van der Waals surface area contributed by atoms with Crippen LogP contribution in [-0.4, -0.2) is 44.1 Å². The lowest BCUT2D eigenvalue weighted by Crippen LogP contribution is -2.42. The Morgan fingerprint density at radius 2 is 1.41 bits per heavy atom. The number of nitrogens with zero attached hydrogens (tertiary/aromatic N) is 2. The van der Waals surface area contributed by atoms with Crippen LogP contribution >= 0.6 is 0 Å². The highest BCUT2D eigenvalue weighted by Gasteiger charge is 2.35. The molecule has 0 spiro atoms. The van der Waals surface area contributed by atoms with Crippen LogP contribution in [-0.2, 0) is 26.6 Å². The first-order chi connectivity index (χ1) is 15.3. The van der Waals surface area contributed by atoms with Crippen molar-refractivity contribution in [3.8, 4) is 0 Å². The molecule has 2 aromatic rings. The van der Waals surface area contributed by atoms with Gasteiger partial charge in [0.2, 0.25) is 20.0 Å². The van der Waals surface area contributed by atoms with Crippen molar-refractivity contribution in [3.63, 3.8) is 0 Å². The zero-order valence-corrected chi connectivity index (χ0v) is 20.2. The van der Waals surface area contributed by atoms with E-state index in [-0.39, 0.29) is 21.9 Å². The summed E-state index contributed by atoms with van der Waals surface area (Å²) in [5.41, 5.74) is 0.946. The van der Waals surface area contributed by atoms with E-state index in [0.29, 0.717) is 13.1 Å². The smallest absolute Gasteiger partial charge is 0.207 e. The summed E-state index contributed by atoms with van der Waals surface area (Å²) in [4.78, 5) is 0.298. The fourth-order valence-electron chi connectivity index (χ4n) is 4.85. The normalized spacial score (nSPS) is 21.2. The Morgan fingerprint density at radius 3 is 2.03 bits per heavy atom. The average Bonchev–Trinajstić information content (AvgIpc) is 3.33. The monoisotopic (exact) mass is 476 g/mol. The molecule has 6 nitrogen and oxygen atoms in total. The molecule has 0 aromatic heterocycles. The van der Waals surface area contributed by atoms with E-state index in [1.165, 1.54) is 24.3 Å². The van der Waals surface area contributed by atoms with Crippen LogP contribution in [0.5, 0.6) is 0 Å². The van der Waals surface area contributed by atoms with Crippen LogP contribution in [0.15, 0.2) is 64.4 Å². The average molecular weight is 477 g/mol. The van der Waals surface area contributed by atoms with Crippen LogP contribution in [0, 0.1) is 0 Å². The summed E-state index contributed by atoms with van der Waals surface area (Å²) >= 11 is 0. The molecule has 4 rings (SSSR count). The molecule has 1 aliphatic carbocycles. The Balaban J connectivity index is 1.62. The third-order valence-electron chi connectivity index (χ3n) is 6.69. The molecule has 174 valence electrons. The maximum Gasteiger partial charge on any atom is 0.243 e. The zero-order valence-electron chi connectivity index (χ0n) is 18.6. The molecule has 0 unspecified atom stereocenters. The summed E-state index contributed by atoms with van der Waals surface area (Å²) in [6.07, 6.45) is 6.49. The SMILES string of the molecule is C[C@H]1CCCCN1S(=O)(=O)c1ccc(S(=O)(=O)N(Cc2ccccc2)C2CCCC2)cc1. The van der Waals surface area contributed by atoms with Crippen LogP contribution in [0.1, 0.15) is 57.4 Å². The summed E-state index contributed by atoms with van der Waals surface area (Å²) in [5, 5.41) is 0. The third kappa shape index (κ3) is 4.78. The van der Waals surface area contributed by atoms with Crippen molar-refractivity contribution in [2.45, 2.75) is 80.3 Å². The molecular formula is C24H32N2O4S2. The molecule has 2 aliphatic rings. The van der Waals surface area contributed by atoms with Gasteiger partial charge in [-0.25, -0.2) is 16.8 Å². The zero-order chi connectivity index (χ0) is 22.8. The van der Waals surface area contributed by atoms with Gasteiger partial charge in [0.05, 0.1) is 9.79 Å². The van der Waals surface area contributed by atoms with Gasteiger partial charge in [0.25, 0.3) is 0 Å². The Kier molecular flexibility index (Phi) is 7.05. The first-order valence-corrected chi connectivity index (χ1v) is 14.4. The summed E-state index contributed by atoms with van der Waals surface area (Å²) in [6.45, 7) is 2.76. The van der Waals surface area contributed by atoms with Crippen molar-refractivity contribution in [3.05, 3.63) is 60.2 Å². The molecular weight excluding hydrogens is 444 g/mol. The van der Waals surface area contributed by atoms with Gasteiger partial charge in [0.15, 0.2) is 0 Å². The van der Waals surface area contributed by atoms with Crippen molar-refractivity contribution < 1.29 is 16.8 Å². The topological polar surface area (TPSA) is 74.8 Å². The summed E-state index contributed by atoms with van der Waals surface area (Å²) < 4.78 is 56.6. The Hall–Kier alpha value is -1.74. The van der Waals surface area contributed by atoms with Gasteiger partial charge in [-0.2, -0.15) is 8.61 Å². The van der Waals surface area contributed by atoms with Crippen molar-refractivity contribution in [1.82, 2.24) is 8.61 Å². The van der Waals surface area contributed by atoms with E-state index in [9.17, 15) is 16.8 Å². The minimum Gasteiger partial charge on any atom is -0.207 e. The summed E-state index contributed by atoms with van der Waals surface area (Å²) in [5.74, 6) is 0. The van der Waals surface area contributed by atoms with E-state index in [1.54, 1.807) is 8.61 Å². The first kappa shape index (κ1) is 23.4. The summed E-state index contributed by atoms with van der Waals surface area (Å²) in [6, 6.07) is 15.3. The van der Waals surface area contributed by atoms with Gasteiger partial charge in [0, 0.05) is 25.2 Å². The van der Waals surface area contributed by atoms with E-state index >= 15 is 0 Å². The maximum atomic E-state index is 13.6. The van der Waals surface area contributed by atoms with Crippen LogP contribution in [0.3, 0.4) is 0 Å². The third-order valence-corrected chi connectivity index (χ3v) is 10.6. The fourth-order valence-corrected chi connectivity index (χ4v) is 8.22. The van der Waals surface area contributed by atoms with E-state index < -0.39 is 20.0 Å². The van der Waals surface area contributed by atoms with E-state index in [0.717, 1.165) is 50.5 Å². The van der Waals surface area contributed by atoms with Gasteiger partial charge in [-0.3, -0.25) is 0 Å². The minimum absolute atomic E-state index is 0.0298. The number of rotatable bonds is 7. The standard InChI is InChI=1S/C24H32N2O4S2/c1-20-9-7-8-18-25(20)31(27,28)23-14-16-24(17-15-23)32(29,30)26(22-12-5-6-13-22)19-21-10-3-2-4-11-21/h2-4,10-11,14-17,20,22H,5-9,12-13,18-19H2,1H3/t20-/m0/s1. The van der Waals surface area contributed by atoms with Crippen molar-refractivity contribution >= 4 is 20.0 Å². The van der Waals surface area contributed by atoms with Gasteiger partial charge in [-0.05, 0) is 62.4 Å². The fraction of sp³-hybridized carbons (Fsp3) is 0.500. The highest BCUT2D eigenvalue weighted by molar-refractivity contribution is 7.89. The predicted molar refractivity (Wildman–Crippen MR) is 125 cm³/mol. The van der Waals surface area contributed by atoms with Gasteiger partial charge in [-0.1, -0.05) is 49.6 Å².